The lowest BCUT2D eigenvalue weighted by Gasteiger charge is -2.10. The van der Waals surface area contributed by atoms with Gasteiger partial charge in [-0.15, -0.1) is 0 Å². The number of hydrogen-bond acceptors (Lipinski definition) is 2. The average Bonchev–Trinajstić information content (AvgIpc) is 2.94. The summed E-state index contributed by atoms with van der Waals surface area (Å²) in [6, 6.07) is 12.1. The maximum atomic E-state index is 12.5. The lowest BCUT2D eigenvalue weighted by atomic mass is 9.98. The summed E-state index contributed by atoms with van der Waals surface area (Å²) in [5.41, 5.74) is 5.67. The first kappa shape index (κ1) is 13.9. The molecule has 0 heterocycles. The van der Waals surface area contributed by atoms with Crippen LogP contribution in [-0.4, -0.2) is 12.9 Å². The minimum Gasteiger partial charge on any atom is -0.496 e. The van der Waals surface area contributed by atoms with Crippen molar-refractivity contribution in [3.8, 4) is 5.75 Å². The number of hydrogen-bond donors (Lipinski definition) is 0. The molecule has 0 aliphatic heterocycles. The van der Waals surface area contributed by atoms with E-state index in [1.165, 1.54) is 17.5 Å². The number of benzene rings is 2. The molecular formula is C19H20O2. The quantitative estimate of drug-likeness (QED) is 0.793. The molecule has 108 valence electrons. The third-order valence-electron chi connectivity index (χ3n) is 4.21. The van der Waals surface area contributed by atoms with E-state index in [4.69, 9.17) is 4.74 Å². The van der Waals surface area contributed by atoms with Crippen LogP contribution in [0, 0.1) is 6.92 Å². The van der Waals surface area contributed by atoms with Gasteiger partial charge in [0, 0.05) is 17.5 Å². The van der Waals surface area contributed by atoms with Crippen LogP contribution in [0.15, 0.2) is 36.4 Å². The summed E-state index contributed by atoms with van der Waals surface area (Å²) in [4.78, 5) is 12.5. The number of aryl methyl sites for hydroxylation is 3. The molecule has 0 fully saturated rings. The van der Waals surface area contributed by atoms with Crippen molar-refractivity contribution >= 4 is 5.78 Å². The zero-order valence-corrected chi connectivity index (χ0v) is 12.6. The first-order chi connectivity index (χ1) is 10.2. The molecule has 1 aliphatic carbocycles. The Morgan fingerprint density at radius 1 is 1.10 bits per heavy atom. The lowest BCUT2D eigenvalue weighted by molar-refractivity contribution is 0.0992. The van der Waals surface area contributed by atoms with Gasteiger partial charge in [-0.3, -0.25) is 4.79 Å². The van der Waals surface area contributed by atoms with Crippen LogP contribution in [0.3, 0.4) is 0 Å². The Bertz CT molecular complexity index is 686. The predicted molar refractivity (Wildman–Crippen MR) is 84.2 cm³/mol. The molecule has 0 saturated carbocycles. The summed E-state index contributed by atoms with van der Waals surface area (Å²) in [7, 11) is 1.65. The summed E-state index contributed by atoms with van der Waals surface area (Å²) in [6.45, 7) is 2.03. The molecule has 0 unspecified atom stereocenters. The molecule has 21 heavy (non-hydrogen) atoms. The molecule has 0 bridgehead atoms. The molecule has 0 aromatic heterocycles. The summed E-state index contributed by atoms with van der Waals surface area (Å²) < 4.78 is 5.36. The summed E-state index contributed by atoms with van der Waals surface area (Å²) >= 11 is 0. The van der Waals surface area contributed by atoms with Crippen molar-refractivity contribution in [1.29, 1.82) is 0 Å². The van der Waals surface area contributed by atoms with E-state index in [1.54, 1.807) is 7.11 Å². The van der Waals surface area contributed by atoms with E-state index in [0.717, 1.165) is 35.3 Å². The van der Waals surface area contributed by atoms with Gasteiger partial charge in [0.1, 0.15) is 5.75 Å². The van der Waals surface area contributed by atoms with Crippen molar-refractivity contribution < 1.29 is 9.53 Å². The van der Waals surface area contributed by atoms with Gasteiger partial charge in [-0.25, -0.2) is 0 Å². The normalized spacial score (nSPS) is 13.0. The Morgan fingerprint density at radius 2 is 1.90 bits per heavy atom. The van der Waals surface area contributed by atoms with Crippen LogP contribution in [0.5, 0.6) is 5.75 Å². The first-order valence-corrected chi connectivity index (χ1v) is 7.46. The number of rotatable bonds is 4. The van der Waals surface area contributed by atoms with E-state index in [-0.39, 0.29) is 5.78 Å². The van der Waals surface area contributed by atoms with Crippen LogP contribution in [0.25, 0.3) is 0 Å². The smallest absolute Gasteiger partial charge is 0.167 e. The highest BCUT2D eigenvalue weighted by molar-refractivity contribution is 5.98. The molecule has 2 nitrogen and oxygen atoms in total. The molecule has 2 heteroatoms. The standard InChI is InChI=1S/C19H20O2/c1-13-6-9-19(21-2)17(10-13)12-18(20)16-8-7-14-4-3-5-15(14)11-16/h6-11H,3-5,12H2,1-2H3. The minimum atomic E-state index is 0.161. The molecule has 0 saturated heterocycles. The van der Waals surface area contributed by atoms with E-state index in [9.17, 15) is 4.79 Å². The minimum absolute atomic E-state index is 0.161. The number of Topliss-reactive ketones (excluding diaryl/α,β-unsaturated/α-hetero) is 1. The second-order valence-electron chi connectivity index (χ2n) is 5.75. The molecule has 0 amide bonds. The largest absolute Gasteiger partial charge is 0.496 e. The average molecular weight is 280 g/mol. The van der Waals surface area contributed by atoms with Gasteiger partial charge in [0.25, 0.3) is 0 Å². The molecule has 0 spiro atoms. The van der Waals surface area contributed by atoms with E-state index < -0.39 is 0 Å². The van der Waals surface area contributed by atoms with Gasteiger partial charge in [0.05, 0.1) is 7.11 Å². The Morgan fingerprint density at radius 3 is 2.71 bits per heavy atom. The van der Waals surface area contributed by atoms with Gasteiger partial charge < -0.3 is 4.74 Å². The maximum Gasteiger partial charge on any atom is 0.167 e. The SMILES string of the molecule is COc1ccc(C)cc1CC(=O)c1ccc2c(c1)CCC2. The van der Waals surface area contributed by atoms with Gasteiger partial charge >= 0.3 is 0 Å². The third-order valence-corrected chi connectivity index (χ3v) is 4.21. The highest BCUT2D eigenvalue weighted by Crippen LogP contribution is 2.25. The summed E-state index contributed by atoms with van der Waals surface area (Å²) in [6.07, 6.45) is 3.85. The number of ether oxygens (including phenoxy) is 1. The molecule has 2 aromatic rings. The number of methoxy groups -OCH3 is 1. The van der Waals surface area contributed by atoms with E-state index >= 15 is 0 Å². The van der Waals surface area contributed by atoms with Gasteiger partial charge in [-0.1, -0.05) is 29.8 Å². The Hall–Kier alpha value is -2.09. The fraction of sp³-hybridized carbons (Fsp3) is 0.316. The van der Waals surface area contributed by atoms with Crippen LogP contribution in [0.1, 0.15) is 39.0 Å². The highest BCUT2D eigenvalue weighted by atomic mass is 16.5. The van der Waals surface area contributed by atoms with Gasteiger partial charge in [-0.2, -0.15) is 0 Å². The van der Waals surface area contributed by atoms with Crippen LogP contribution in [-0.2, 0) is 19.3 Å². The summed E-state index contributed by atoms with van der Waals surface area (Å²) in [5.74, 6) is 0.948. The Labute approximate surface area is 125 Å². The molecule has 2 aromatic carbocycles. The van der Waals surface area contributed by atoms with Crippen LogP contribution < -0.4 is 4.74 Å². The van der Waals surface area contributed by atoms with Crippen LogP contribution in [0.2, 0.25) is 0 Å². The van der Waals surface area contributed by atoms with Crippen molar-refractivity contribution in [3.05, 3.63) is 64.2 Å². The third kappa shape index (κ3) is 2.85. The lowest BCUT2D eigenvalue weighted by Crippen LogP contribution is -2.06. The first-order valence-electron chi connectivity index (χ1n) is 7.46. The van der Waals surface area contributed by atoms with Crippen molar-refractivity contribution in [3.63, 3.8) is 0 Å². The van der Waals surface area contributed by atoms with E-state index in [2.05, 4.69) is 12.1 Å². The molecule has 1 aliphatic rings. The fourth-order valence-electron chi connectivity index (χ4n) is 3.07. The number of carbonyl (C=O) groups is 1. The summed E-state index contributed by atoms with van der Waals surface area (Å²) in [5, 5.41) is 0. The second-order valence-corrected chi connectivity index (χ2v) is 5.75. The molecule has 0 radical (unpaired) electrons. The van der Waals surface area contributed by atoms with E-state index in [0.29, 0.717) is 6.42 Å². The van der Waals surface area contributed by atoms with E-state index in [1.807, 2.05) is 31.2 Å². The molecule has 3 rings (SSSR count). The highest BCUT2D eigenvalue weighted by Gasteiger charge is 2.15. The van der Waals surface area contributed by atoms with Crippen molar-refractivity contribution in [2.24, 2.45) is 0 Å². The van der Waals surface area contributed by atoms with Gasteiger partial charge in [0.2, 0.25) is 0 Å². The van der Waals surface area contributed by atoms with Gasteiger partial charge in [0.15, 0.2) is 5.78 Å². The maximum absolute atomic E-state index is 12.5. The van der Waals surface area contributed by atoms with Crippen molar-refractivity contribution in [2.75, 3.05) is 7.11 Å². The zero-order valence-electron chi connectivity index (χ0n) is 12.6. The number of fused-ring (bicyclic) bond motifs is 1. The zero-order chi connectivity index (χ0) is 14.8. The molecular weight excluding hydrogens is 260 g/mol. The number of carbonyl (C=O) groups excluding carboxylic acids is 1. The predicted octanol–water partition coefficient (Wildman–Crippen LogP) is 3.92. The molecule has 0 atom stereocenters. The second kappa shape index (κ2) is 5.72. The van der Waals surface area contributed by atoms with Crippen molar-refractivity contribution in [1.82, 2.24) is 0 Å². The Kier molecular flexibility index (Phi) is 3.78. The van der Waals surface area contributed by atoms with Crippen molar-refractivity contribution in [2.45, 2.75) is 32.6 Å². The monoisotopic (exact) mass is 280 g/mol. The van der Waals surface area contributed by atoms with Crippen LogP contribution in [0.4, 0.5) is 0 Å². The molecule has 0 N–H and O–H groups in total. The van der Waals surface area contributed by atoms with Crippen LogP contribution >= 0.6 is 0 Å². The van der Waals surface area contributed by atoms with Gasteiger partial charge in [-0.05, 0) is 49.4 Å². The number of ketones is 1. The Balaban J connectivity index is 1.85. The topological polar surface area (TPSA) is 26.3 Å². The fourth-order valence-corrected chi connectivity index (χ4v) is 3.07.